The average Bonchev–Trinajstić information content (AvgIpc) is 2.59. The van der Waals surface area contributed by atoms with Crippen molar-refractivity contribution in [2.45, 2.75) is 6.92 Å². The molecule has 134 valence electrons. The summed E-state index contributed by atoms with van der Waals surface area (Å²) in [6.45, 7) is 0.967. The van der Waals surface area contributed by atoms with Crippen molar-refractivity contribution >= 4 is 23.3 Å². The number of halogens is 1. The van der Waals surface area contributed by atoms with Crippen molar-refractivity contribution in [1.29, 1.82) is 0 Å². The molecule has 1 aromatic rings. The molecule has 0 amide bonds. The molecule has 1 aliphatic heterocycles. The number of methoxy groups -OCH3 is 2. The number of carbonyl (C=O) groups excluding carboxylic acids is 2. The van der Waals surface area contributed by atoms with E-state index in [-0.39, 0.29) is 35.9 Å². The van der Waals surface area contributed by atoms with Crippen molar-refractivity contribution in [2.75, 3.05) is 32.5 Å². The molecule has 0 fully saturated rings. The van der Waals surface area contributed by atoms with Gasteiger partial charge in [0.15, 0.2) is 5.82 Å². The lowest BCUT2D eigenvalue weighted by Gasteiger charge is -2.32. The summed E-state index contributed by atoms with van der Waals surface area (Å²) in [5.74, 6) is -2.66. The van der Waals surface area contributed by atoms with Gasteiger partial charge in [0, 0.05) is 6.07 Å². The van der Waals surface area contributed by atoms with Crippen LogP contribution in [0.25, 0.3) is 0 Å². The van der Waals surface area contributed by atoms with Gasteiger partial charge in [0.05, 0.1) is 43.1 Å². The van der Waals surface area contributed by atoms with Crippen molar-refractivity contribution in [2.24, 2.45) is 0 Å². The Morgan fingerprint density at radius 1 is 1.28 bits per heavy atom. The van der Waals surface area contributed by atoms with E-state index in [1.54, 1.807) is 0 Å². The molecule has 0 spiro atoms. The fourth-order valence-corrected chi connectivity index (χ4v) is 2.49. The van der Waals surface area contributed by atoms with Crippen molar-refractivity contribution in [3.8, 4) is 0 Å². The highest BCUT2D eigenvalue weighted by Crippen LogP contribution is 2.34. The van der Waals surface area contributed by atoms with E-state index in [1.165, 1.54) is 6.92 Å². The molecule has 0 N–H and O–H groups in total. The molecule has 0 saturated carbocycles. The Kier molecular flexibility index (Phi) is 5.32. The van der Waals surface area contributed by atoms with Crippen LogP contribution in [0.3, 0.4) is 0 Å². The Labute approximate surface area is 141 Å². The molecule has 1 aliphatic rings. The Bertz CT molecular complexity index is 752. The topological polar surface area (TPSA) is 108 Å². The number of aryl methyl sites for hydroxylation is 1. The number of non-ortho nitro benzene ring substituents is 1. The van der Waals surface area contributed by atoms with Crippen LogP contribution >= 0.6 is 0 Å². The van der Waals surface area contributed by atoms with Crippen LogP contribution in [0.4, 0.5) is 15.8 Å². The van der Waals surface area contributed by atoms with E-state index < -0.39 is 28.4 Å². The summed E-state index contributed by atoms with van der Waals surface area (Å²) in [5, 5.41) is 10.8. The predicted molar refractivity (Wildman–Crippen MR) is 82.1 cm³/mol. The van der Waals surface area contributed by atoms with E-state index in [9.17, 15) is 24.1 Å². The molecule has 2 rings (SSSR count). The number of carbonyl (C=O) groups is 2. The first kappa shape index (κ1) is 18.3. The van der Waals surface area contributed by atoms with Crippen LogP contribution in [0.1, 0.15) is 5.56 Å². The van der Waals surface area contributed by atoms with Crippen molar-refractivity contribution in [3.05, 3.63) is 44.9 Å². The summed E-state index contributed by atoms with van der Waals surface area (Å²) in [6.07, 6.45) is 0. The zero-order valence-electron chi connectivity index (χ0n) is 13.7. The number of nitro groups is 1. The SMILES string of the molecule is COC(=O)C1=C(C(=O)OC)N(c2c(C)cc([N+](=O)[O-])cc2F)COC1. The molecule has 1 heterocycles. The van der Waals surface area contributed by atoms with Crippen molar-refractivity contribution < 1.29 is 33.1 Å². The van der Waals surface area contributed by atoms with E-state index in [1.807, 2.05) is 0 Å². The molecular weight excluding hydrogens is 339 g/mol. The van der Waals surface area contributed by atoms with Gasteiger partial charge in [0.1, 0.15) is 12.4 Å². The Hall–Kier alpha value is -3.01. The van der Waals surface area contributed by atoms with Crippen LogP contribution in [0.15, 0.2) is 23.4 Å². The maximum atomic E-state index is 14.5. The number of rotatable bonds is 4. The molecule has 1 aromatic carbocycles. The van der Waals surface area contributed by atoms with E-state index in [0.29, 0.717) is 0 Å². The number of benzene rings is 1. The third kappa shape index (κ3) is 3.43. The summed E-state index contributed by atoms with van der Waals surface area (Å²) in [7, 11) is 2.23. The molecule has 0 atom stereocenters. The average molecular weight is 354 g/mol. The maximum Gasteiger partial charge on any atom is 0.355 e. The lowest BCUT2D eigenvalue weighted by atomic mass is 10.1. The minimum absolute atomic E-state index is 0.132. The summed E-state index contributed by atoms with van der Waals surface area (Å²) in [6, 6.07) is 1.88. The minimum Gasteiger partial charge on any atom is -0.466 e. The van der Waals surface area contributed by atoms with Gasteiger partial charge >= 0.3 is 11.9 Å². The molecule has 0 unspecified atom stereocenters. The number of hydrogen-bond acceptors (Lipinski definition) is 8. The minimum atomic E-state index is -0.942. The van der Waals surface area contributed by atoms with Crippen LogP contribution in [0, 0.1) is 22.9 Å². The molecule has 25 heavy (non-hydrogen) atoms. The number of hydrogen-bond donors (Lipinski definition) is 0. The zero-order valence-corrected chi connectivity index (χ0v) is 13.7. The van der Waals surface area contributed by atoms with E-state index in [2.05, 4.69) is 9.47 Å². The standard InChI is InChI=1S/C15H15FN2O7/c1-8-4-9(18(21)22)5-11(16)12(8)17-7-25-6-10(14(19)23-2)13(17)15(20)24-3/h4-5H,6-7H2,1-3H3. The van der Waals surface area contributed by atoms with E-state index in [0.717, 1.165) is 31.3 Å². The highest BCUT2D eigenvalue weighted by atomic mass is 19.1. The fraction of sp³-hybridized carbons (Fsp3) is 0.333. The van der Waals surface area contributed by atoms with Gasteiger partial charge in [-0.2, -0.15) is 0 Å². The lowest BCUT2D eigenvalue weighted by molar-refractivity contribution is -0.385. The first-order valence-electron chi connectivity index (χ1n) is 7.01. The first-order chi connectivity index (χ1) is 11.8. The first-order valence-corrected chi connectivity index (χ1v) is 7.01. The second kappa shape index (κ2) is 7.26. The molecule has 0 bridgehead atoms. The van der Waals surface area contributed by atoms with Gasteiger partial charge in [-0.3, -0.25) is 10.1 Å². The van der Waals surface area contributed by atoms with Crippen LogP contribution in [-0.4, -0.2) is 44.4 Å². The van der Waals surface area contributed by atoms with Crippen LogP contribution in [0.2, 0.25) is 0 Å². The molecule has 0 aliphatic carbocycles. The highest BCUT2D eigenvalue weighted by Gasteiger charge is 2.34. The van der Waals surface area contributed by atoms with Gasteiger partial charge in [0.2, 0.25) is 0 Å². The van der Waals surface area contributed by atoms with Gasteiger partial charge in [0.25, 0.3) is 5.69 Å². The molecular formula is C15H15FN2O7. The Balaban J connectivity index is 2.66. The smallest absolute Gasteiger partial charge is 0.355 e. The van der Waals surface area contributed by atoms with Gasteiger partial charge in [-0.1, -0.05) is 0 Å². The summed E-state index contributed by atoms with van der Waals surface area (Å²) in [4.78, 5) is 35.3. The molecule has 10 heteroatoms. The lowest BCUT2D eigenvalue weighted by Crippen LogP contribution is -2.39. The van der Waals surface area contributed by atoms with Crippen LogP contribution < -0.4 is 4.90 Å². The van der Waals surface area contributed by atoms with Crippen molar-refractivity contribution in [3.63, 3.8) is 0 Å². The maximum absolute atomic E-state index is 14.5. The van der Waals surface area contributed by atoms with Gasteiger partial charge < -0.3 is 19.1 Å². The van der Waals surface area contributed by atoms with E-state index >= 15 is 0 Å². The van der Waals surface area contributed by atoms with Crippen LogP contribution in [-0.2, 0) is 23.8 Å². The third-order valence-electron chi connectivity index (χ3n) is 3.55. The number of nitro benzene ring substituents is 1. The summed E-state index contributed by atoms with van der Waals surface area (Å²) in [5.41, 5.74) is -0.766. The normalized spacial score (nSPS) is 14.3. The van der Waals surface area contributed by atoms with Gasteiger partial charge in [-0.05, 0) is 12.5 Å². The predicted octanol–water partition coefficient (Wildman–Crippen LogP) is 1.44. The number of nitrogens with zero attached hydrogens (tertiary/aromatic N) is 2. The van der Waals surface area contributed by atoms with Crippen molar-refractivity contribution in [1.82, 2.24) is 0 Å². The number of esters is 2. The number of anilines is 1. The quantitative estimate of drug-likeness (QED) is 0.454. The molecule has 0 saturated heterocycles. The Morgan fingerprint density at radius 2 is 1.92 bits per heavy atom. The second-order valence-electron chi connectivity index (χ2n) is 5.07. The highest BCUT2D eigenvalue weighted by molar-refractivity contribution is 6.03. The van der Waals surface area contributed by atoms with Gasteiger partial charge in [-0.15, -0.1) is 0 Å². The monoisotopic (exact) mass is 354 g/mol. The van der Waals surface area contributed by atoms with Crippen LogP contribution in [0.5, 0.6) is 0 Å². The fourth-order valence-electron chi connectivity index (χ4n) is 2.49. The zero-order chi connectivity index (χ0) is 18.7. The molecule has 9 nitrogen and oxygen atoms in total. The molecule has 0 aromatic heterocycles. The van der Waals surface area contributed by atoms with Gasteiger partial charge in [-0.25, -0.2) is 14.0 Å². The summed E-state index contributed by atoms with van der Waals surface area (Å²) >= 11 is 0. The van der Waals surface area contributed by atoms with E-state index in [4.69, 9.17) is 4.74 Å². The molecule has 0 radical (unpaired) electrons. The third-order valence-corrected chi connectivity index (χ3v) is 3.55. The second-order valence-corrected chi connectivity index (χ2v) is 5.07. The largest absolute Gasteiger partial charge is 0.466 e. The number of ether oxygens (including phenoxy) is 3. The summed E-state index contributed by atoms with van der Waals surface area (Å²) < 4.78 is 29.0. The Morgan fingerprint density at radius 3 is 2.44 bits per heavy atom.